The molecule has 2 aromatic carbocycles. The minimum atomic E-state index is -0.658. The molecular weight excluding hydrogens is 390 g/mol. The van der Waals surface area contributed by atoms with Gasteiger partial charge in [-0.15, -0.1) is 0 Å². The van der Waals surface area contributed by atoms with Crippen LogP contribution in [0.2, 0.25) is 0 Å². The van der Waals surface area contributed by atoms with Crippen LogP contribution in [0.15, 0.2) is 46.9 Å². The van der Waals surface area contributed by atoms with E-state index in [4.69, 9.17) is 14.2 Å². The molecule has 25 heavy (non-hydrogen) atoms. The van der Waals surface area contributed by atoms with Crippen LogP contribution in [-0.4, -0.2) is 32.7 Å². The molecule has 2 aromatic rings. The van der Waals surface area contributed by atoms with Gasteiger partial charge in [-0.25, -0.2) is 4.79 Å². The Hall–Kier alpha value is -2.54. The second-order valence-corrected chi connectivity index (χ2v) is 5.94. The highest BCUT2D eigenvalue weighted by Gasteiger charge is 2.18. The third-order valence-electron chi connectivity index (χ3n) is 3.36. The Labute approximate surface area is 154 Å². The lowest BCUT2D eigenvalue weighted by Crippen LogP contribution is -2.28. The van der Waals surface area contributed by atoms with E-state index in [9.17, 15) is 9.59 Å². The van der Waals surface area contributed by atoms with Crippen molar-refractivity contribution in [3.05, 3.63) is 58.1 Å². The fourth-order valence-corrected chi connectivity index (χ4v) is 2.37. The average Bonchev–Trinajstić information content (AvgIpc) is 2.64. The minimum absolute atomic E-state index is 0.197. The van der Waals surface area contributed by atoms with Crippen molar-refractivity contribution in [1.29, 1.82) is 0 Å². The molecule has 1 N–H and O–H groups in total. The van der Waals surface area contributed by atoms with Crippen molar-refractivity contribution in [1.82, 2.24) is 5.32 Å². The molecule has 0 unspecified atom stereocenters. The molecule has 0 aromatic heterocycles. The van der Waals surface area contributed by atoms with Crippen molar-refractivity contribution in [3.63, 3.8) is 0 Å². The normalized spacial score (nSPS) is 10.0. The van der Waals surface area contributed by atoms with Crippen LogP contribution in [0.3, 0.4) is 0 Å². The van der Waals surface area contributed by atoms with Gasteiger partial charge in [0.15, 0.2) is 18.1 Å². The lowest BCUT2D eigenvalue weighted by molar-refractivity contribution is -0.124. The van der Waals surface area contributed by atoms with E-state index in [0.717, 1.165) is 10.0 Å². The Morgan fingerprint density at radius 2 is 1.76 bits per heavy atom. The van der Waals surface area contributed by atoms with E-state index in [-0.39, 0.29) is 17.9 Å². The van der Waals surface area contributed by atoms with Crippen molar-refractivity contribution >= 4 is 27.8 Å². The predicted octanol–water partition coefficient (Wildman–Crippen LogP) is 2.94. The van der Waals surface area contributed by atoms with Crippen molar-refractivity contribution in [3.8, 4) is 11.5 Å². The molecule has 0 fully saturated rings. The number of nitrogens with one attached hydrogen (secondary N) is 1. The maximum absolute atomic E-state index is 12.2. The highest BCUT2D eigenvalue weighted by atomic mass is 79.9. The summed E-state index contributed by atoms with van der Waals surface area (Å²) in [6.45, 7) is -0.0259. The Balaban J connectivity index is 1.89. The van der Waals surface area contributed by atoms with Gasteiger partial charge in [0.1, 0.15) is 5.56 Å². The van der Waals surface area contributed by atoms with E-state index in [1.54, 1.807) is 18.2 Å². The number of methoxy groups -OCH3 is 2. The number of benzene rings is 2. The summed E-state index contributed by atoms with van der Waals surface area (Å²) in [7, 11) is 2.90. The fraction of sp³-hybridized carbons (Fsp3) is 0.222. The number of hydrogen-bond acceptors (Lipinski definition) is 5. The van der Waals surface area contributed by atoms with Crippen molar-refractivity contribution in [2.24, 2.45) is 0 Å². The first-order chi connectivity index (χ1) is 12.0. The molecule has 0 atom stereocenters. The van der Waals surface area contributed by atoms with E-state index in [1.807, 2.05) is 24.3 Å². The largest absolute Gasteiger partial charge is 0.493 e. The Morgan fingerprint density at radius 3 is 2.40 bits per heavy atom. The highest BCUT2D eigenvalue weighted by molar-refractivity contribution is 9.10. The number of carbonyl (C=O) groups excluding carboxylic acids is 2. The van der Waals surface area contributed by atoms with Gasteiger partial charge in [-0.1, -0.05) is 34.1 Å². The molecule has 0 aliphatic carbocycles. The van der Waals surface area contributed by atoms with Crippen molar-refractivity contribution in [2.45, 2.75) is 6.54 Å². The number of para-hydroxylation sites is 1. The third kappa shape index (κ3) is 5.22. The molecule has 0 aliphatic heterocycles. The SMILES string of the molecule is COc1cccc(C(=O)OCC(=O)NCc2ccc(Br)cc2)c1OC. The number of esters is 1. The number of amides is 1. The third-order valence-corrected chi connectivity index (χ3v) is 3.89. The van der Waals surface area contributed by atoms with Gasteiger partial charge in [-0.3, -0.25) is 4.79 Å². The zero-order valence-corrected chi connectivity index (χ0v) is 15.5. The predicted molar refractivity (Wildman–Crippen MR) is 95.8 cm³/mol. The van der Waals surface area contributed by atoms with E-state index in [2.05, 4.69) is 21.2 Å². The van der Waals surface area contributed by atoms with Crippen LogP contribution in [0.1, 0.15) is 15.9 Å². The summed E-state index contributed by atoms with van der Waals surface area (Å²) in [5.41, 5.74) is 1.14. The van der Waals surface area contributed by atoms with Crippen LogP contribution in [0, 0.1) is 0 Å². The van der Waals surface area contributed by atoms with Crippen LogP contribution in [0.5, 0.6) is 11.5 Å². The van der Waals surface area contributed by atoms with Gasteiger partial charge >= 0.3 is 5.97 Å². The van der Waals surface area contributed by atoms with Crippen LogP contribution in [0.25, 0.3) is 0 Å². The second-order valence-electron chi connectivity index (χ2n) is 5.02. The second kappa shape index (κ2) is 9.08. The number of hydrogen-bond donors (Lipinski definition) is 1. The van der Waals surface area contributed by atoms with Crippen LogP contribution in [-0.2, 0) is 16.1 Å². The monoisotopic (exact) mass is 407 g/mol. The molecule has 0 heterocycles. The summed E-state index contributed by atoms with van der Waals surface area (Å²) in [5, 5.41) is 2.69. The van der Waals surface area contributed by atoms with Gasteiger partial charge in [0.2, 0.25) is 0 Å². The Morgan fingerprint density at radius 1 is 1.04 bits per heavy atom. The summed E-state index contributed by atoms with van der Waals surface area (Å²) in [6.07, 6.45) is 0. The summed E-state index contributed by atoms with van der Waals surface area (Å²) in [5.74, 6) is -0.366. The van der Waals surface area contributed by atoms with Crippen LogP contribution < -0.4 is 14.8 Å². The first kappa shape index (κ1) is 18.8. The molecule has 6 nitrogen and oxygen atoms in total. The highest BCUT2D eigenvalue weighted by Crippen LogP contribution is 2.31. The fourth-order valence-electron chi connectivity index (χ4n) is 2.11. The van der Waals surface area contributed by atoms with Crippen LogP contribution >= 0.6 is 15.9 Å². The van der Waals surface area contributed by atoms with Crippen molar-refractivity contribution in [2.75, 3.05) is 20.8 Å². The van der Waals surface area contributed by atoms with Crippen LogP contribution in [0.4, 0.5) is 0 Å². The molecule has 0 saturated heterocycles. The smallest absolute Gasteiger partial charge is 0.342 e. The molecule has 7 heteroatoms. The Bertz CT molecular complexity index is 746. The average molecular weight is 408 g/mol. The molecule has 0 saturated carbocycles. The number of rotatable bonds is 7. The molecule has 0 radical (unpaired) electrons. The first-order valence-electron chi connectivity index (χ1n) is 7.44. The molecule has 2 rings (SSSR count). The van der Waals surface area contributed by atoms with Gasteiger partial charge in [-0.2, -0.15) is 0 Å². The topological polar surface area (TPSA) is 73.9 Å². The van der Waals surface area contributed by atoms with Gasteiger partial charge in [0.05, 0.1) is 14.2 Å². The molecular formula is C18H18BrNO5. The Kier molecular flexibility index (Phi) is 6.82. The number of ether oxygens (including phenoxy) is 3. The summed E-state index contributed by atoms with van der Waals surface area (Å²) in [4.78, 5) is 24.0. The minimum Gasteiger partial charge on any atom is -0.493 e. The van der Waals surface area contributed by atoms with Gasteiger partial charge < -0.3 is 19.5 Å². The zero-order chi connectivity index (χ0) is 18.2. The van der Waals surface area contributed by atoms with E-state index < -0.39 is 11.9 Å². The molecule has 0 spiro atoms. The summed E-state index contributed by atoms with van der Waals surface area (Å²) >= 11 is 3.35. The molecule has 132 valence electrons. The van der Waals surface area contributed by atoms with Crippen molar-refractivity contribution < 1.29 is 23.8 Å². The molecule has 0 bridgehead atoms. The first-order valence-corrected chi connectivity index (χ1v) is 8.23. The standard InChI is InChI=1S/C18H18BrNO5/c1-23-15-5-3-4-14(17(15)24-2)18(22)25-11-16(21)20-10-12-6-8-13(19)9-7-12/h3-9H,10-11H2,1-2H3,(H,20,21). The molecule has 1 amide bonds. The van der Waals surface area contributed by atoms with E-state index in [1.165, 1.54) is 14.2 Å². The van der Waals surface area contributed by atoms with E-state index >= 15 is 0 Å². The quantitative estimate of drug-likeness (QED) is 0.714. The van der Waals surface area contributed by atoms with Gasteiger partial charge in [0, 0.05) is 11.0 Å². The summed E-state index contributed by atoms with van der Waals surface area (Å²) in [6, 6.07) is 12.4. The van der Waals surface area contributed by atoms with Gasteiger partial charge in [-0.05, 0) is 29.8 Å². The lowest BCUT2D eigenvalue weighted by atomic mass is 10.2. The van der Waals surface area contributed by atoms with Gasteiger partial charge in [0.25, 0.3) is 5.91 Å². The lowest BCUT2D eigenvalue weighted by Gasteiger charge is -2.12. The number of carbonyl (C=O) groups is 2. The summed E-state index contributed by atoms with van der Waals surface area (Å²) < 4.78 is 16.3. The zero-order valence-electron chi connectivity index (χ0n) is 13.9. The molecule has 0 aliphatic rings. The van der Waals surface area contributed by atoms with E-state index in [0.29, 0.717) is 12.3 Å². The maximum Gasteiger partial charge on any atom is 0.342 e. The number of halogens is 1. The maximum atomic E-state index is 12.2.